The summed E-state index contributed by atoms with van der Waals surface area (Å²) in [5, 5.41) is 0. The van der Waals surface area contributed by atoms with Crippen LogP contribution in [0.4, 0.5) is 0 Å². The predicted molar refractivity (Wildman–Crippen MR) is 69.3 cm³/mol. The molecular weight excluding hydrogens is 266 g/mol. The summed E-state index contributed by atoms with van der Waals surface area (Å²) >= 11 is 3.43. The van der Waals surface area contributed by atoms with Gasteiger partial charge in [-0.05, 0) is 36.5 Å². The molecule has 0 spiro atoms. The third kappa shape index (κ3) is 2.84. The predicted octanol–water partition coefficient (Wildman–Crippen LogP) is 2.74. The maximum atomic E-state index is 6.20. The molecule has 1 fully saturated rings. The summed E-state index contributed by atoms with van der Waals surface area (Å²) in [5.74, 6) is 0.588. The summed E-state index contributed by atoms with van der Waals surface area (Å²) in [6, 6.07) is 8.45. The molecule has 0 bridgehead atoms. The van der Waals surface area contributed by atoms with E-state index >= 15 is 0 Å². The number of hydrogen-bond acceptors (Lipinski definition) is 2. The van der Waals surface area contributed by atoms with Crippen molar-refractivity contribution in [2.75, 3.05) is 6.61 Å². The van der Waals surface area contributed by atoms with Gasteiger partial charge in [0.15, 0.2) is 0 Å². The summed E-state index contributed by atoms with van der Waals surface area (Å²) < 4.78 is 6.80. The van der Waals surface area contributed by atoms with Crippen molar-refractivity contribution in [3.63, 3.8) is 0 Å². The van der Waals surface area contributed by atoms with Crippen LogP contribution in [0.15, 0.2) is 28.7 Å². The lowest BCUT2D eigenvalue weighted by atomic mass is 9.94. The zero-order valence-corrected chi connectivity index (χ0v) is 11.1. The molecule has 3 heteroatoms. The van der Waals surface area contributed by atoms with Crippen LogP contribution in [0.3, 0.4) is 0 Å². The van der Waals surface area contributed by atoms with E-state index in [-0.39, 0.29) is 12.1 Å². The molecule has 1 aliphatic rings. The standard InChI is InChI=1S/C13H18BrNO/c1-9-6-7-16-13(9)12(15)8-10-2-4-11(14)5-3-10/h2-5,9,12-13H,6-8,15H2,1H3. The van der Waals surface area contributed by atoms with E-state index in [2.05, 4.69) is 47.1 Å². The number of hydrogen-bond donors (Lipinski definition) is 1. The highest BCUT2D eigenvalue weighted by Crippen LogP contribution is 2.24. The molecule has 1 saturated heterocycles. The van der Waals surface area contributed by atoms with E-state index in [1.165, 1.54) is 5.56 Å². The first-order valence-corrected chi connectivity index (χ1v) is 6.58. The fourth-order valence-corrected chi connectivity index (χ4v) is 2.54. The van der Waals surface area contributed by atoms with Gasteiger partial charge >= 0.3 is 0 Å². The van der Waals surface area contributed by atoms with Crippen LogP contribution in [0.1, 0.15) is 18.9 Å². The molecule has 0 saturated carbocycles. The topological polar surface area (TPSA) is 35.2 Å². The molecule has 2 N–H and O–H groups in total. The van der Waals surface area contributed by atoms with Gasteiger partial charge in [0.25, 0.3) is 0 Å². The van der Waals surface area contributed by atoms with E-state index in [4.69, 9.17) is 10.5 Å². The van der Waals surface area contributed by atoms with Crippen molar-refractivity contribution in [3.8, 4) is 0 Å². The van der Waals surface area contributed by atoms with Gasteiger partial charge in [-0.15, -0.1) is 0 Å². The molecule has 0 aromatic heterocycles. The number of benzene rings is 1. The Hall–Kier alpha value is -0.380. The monoisotopic (exact) mass is 283 g/mol. The average Bonchev–Trinajstić information content (AvgIpc) is 2.68. The van der Waals surface area contributed by atoms with E-state index in [1.54, 1.807) is 0 Å². The van der Waals surface area contributed by atoms with E-state index in [0.717, 1.165) is 23.9 Å². The molecule has 0 amide bonds. The lowest BCUT2D eigenvalue weighted by Crippen LogP contribution is -2.39. The van der Waals surface area contributed by atoms with Crippen LogP contribution in [0.2, 0.25) is 0 Å². The summed E-state index contributed by atoms with van der Waals surface area (Å²) in [6.07, 6.45) is 2.25. The smallest absolute Gasteiger partial charge is 0.0755 e. The first-order valence-electron chi connectivity index (χ1n) is 5.78. The van der Waals surface area contributed by atoms with Crippen molar-refractivity contribution < 1.29 is 4.74 Å². The first kappa shape index (κ1) is 12.1. The molecule has 2 nitrogen and oxygen atoms in total. The van der Waals surface area contributed by atoms with Crippen molar-refractivity contribution in [2.24, 2.45) is 11.7 Å². The Labute approximate surface area is 105 Å². The zero-order chi connectivity index (χ0) is 11.5. The molecule has 2 rings (SSSR count). The second-order valence-electron chi connectivity index (χ2n) is 4.60. The average molecular weight is 284 g/mol. The number of ether oxygens (including phenoxy) is 1. The van der Waals surface area contributed by atoms with Gasteiger partial charge in [-0.2, -0.15) is 0 Å². The maximum absolute atomic E-state index is 6.20. The van der Waals surface area contributed by atoms with Gasteiger partial charge in [-0.3, -0.25) is 0 Å². The number of halogens is 1. The summed E-state index contributed by atoms with van der Waals surface area (Å²) in [7, 11) is 0. The molecular formula is C13H18BrNO. The minimum Gasteiger partial charge on any atom is -0.376 e. The lowest BCUT2D eigenvalue weighted by molar-refractivity contribution is 0.0726. The fourth-order valence-electron chi connectivity index (χ4n) is 2.27. The first-order chi connectivity index (χ1) is 7.66. The summed E-state index contributed by atoms with van der Waals surface area (Å²) in [5.41, 5.74) is 7.48. The van der Waals surface area contributed by atoms with E-state index in [0.29, 0.717) is 5.92 Å². The highest BCUT2D eigenvalue weighted by Gasteiger charge is 2.29. The van der Waals surface area contributed by atoms with Crippen LogP contribution in [0.5, 0.6) is 0 Å². The Morgan fingerprint density at radius 3 is 2.69 bits per heavy atom. The molecule has 16 heavy (non-hydrogen) atoms. The van der Waals surface area contributed by atoms with Gasteiger partial charge in [-0.1, -0.05) is 35.0 Å². The van der Waals surface area contributed by atoms with Crippen LogP contribution in [0.25, 0.3) is 0 Å². The Kier molecular flexibility index (Phi) is 4.00. The normalized spacial score (nSPS) is 26.9. The quantitative estimate of drug-likeness (QED) is 0.926. The molecule has 1 aromatic carbocycles. The van der Waals surface area contributed by atoms with Crippen LogP contribution >= 0.6 is 15.9 Å². The minimum atomic E-state index is 0.110. The van der Waals surface area contributed by atoms with Gasteiger partial charge in [0, 0.05) is 17.1 Å². The van der Waals surface area contributed by atoms with E-state index in [9.17, 15) is 0 Å². The number of nitrogens with two attached hydrogens (primary N) is 1. The summed E-state index contributed by atoms with van der Waals surface area (Å²) in [6.45, 7) is 3.08. The fraction of sp³-hybridized carbons (Fsp3) is 0.538. The van der Waals surface area contributed by atoms with Crippen molar-refractivity contribution >= 4 is 15.9 Å². The van der Waals surface area contributed by atoms with Crippen molar-refractivity contribution in [1.82, 2.24) is 0 Å². The minimum absolute atomic E-state index is 0.110. The van der Waals surface area contributed by atoms with Gasteiger partial charge in [0.2, 0.25) is 0 Å². The van der Waals surface area contributed by atoms with Crippen molar-refractivity contribution in [3.05, 3.63) is 34.3 Å². The Morgan fingerprint density at radius 2 is 2.12 bits per heavy atom. The van der Waals surface area contributed by atoms with Gasteiger partial charge in [0.1, 0.15) is 0 Å². The molecule has 1 aliphatic heterocycles. The molecule has 0 radical (unpaired) electrons. The third-order valence-electron chi connectivity index (χ3n) is 3.25. The van der Waals surface area contributed by atoms with Crippen molar-refractivity contribution in [2.45, 2.75) is 31.9 Å². The number of rotatable bonds is 3. The molecule has 3 atom stereocenters. The largest absolute Gasteiger partial charge is 0.376 e. The van der Waals surface area contributed by atoms with Gasteiger partial charge in [-0.25, -0.2) is 0 Å². The second-order valence-corrected chi connectivity index (χ2v) is 5.51. The molecule has 1 aromatic rings. The highest BCUT2D eigenvalue weighted by molar-refractivity contribution is 9.10. The molecule has 0 aliphatic carbocycles. The Balaban J connectivity index is 1.96. The van der Waals surface area contributed by atoms with Crippen LogP contribution < -0.4 is 5.73 Å². The van der Waals surface area contributed by atoms with Crippen molar-refractivity contribution in [1.29, 1.82) is 0 Å². The molecule has 3 unspecified atom stereocenters. The van der Waals surface area contributed by atoms with Crippen LogP contribution in [-0.4, -0.2) is 18.8 Å². The maximum Gasteiger partial charge on any atom is 0.0755 e. The zero-order valence-electron chi connectivity index (χ0n) is 9.53. The second kappa shape index (κ2) is 5.30. The van der Waals surface area contributed by atoms with Gasteiger partial charge < -0.3 is 10.5 Å². The Bertz CT molecular complexity index is 338. The highest BCUT2D eigenvalue weighted by atomic mass is 79.9. The lowest BCUT2D eigenvalue weighted by Gasteiger charge is -2.22. The van der Waals surface area contributed by atoms with E-state index < -0.39 is 0 Å². The van der Waals surface area contributed by atoms with Crippen LogP contribution in [-0.2, 0) is 11.2 Å². The molecule has 88 valence electrons. The van der Waals surface area contributed by atoms with Crippen LogP contribution in [0, 0.1) is 5.92 Å². The third-order valence-corrected chi connectivity index (χ3v) is 3.78. The SMILES string of the molecule is CC1CCOC1C(N)Cc1ccc(Br)cc1. The van der Waals surface area contributed by atoms with E-state index in [1.807, 2.05) is 0 Å². The molecule has 1 heterocycles. The Morgan fingerprint density at radius 1 is 1.44 bits per heavy atom. The summed E-state index contributed by atoms with van der Waals surface area (Å²) in [4.78, 5) is 0. The van der Waals surface area contributed by atoms with Gasteiger partial charge in [0.05, 0.1) is 6.10 Å².